The van der Waals surface area contributed by atoms with Crippen molar-refractivity contribution >= 4 is 46.1 Å². The fraction of sp³-hybridized carbons (Fsp3) is 0.346. The van der Waals surface area contributed by atoms with Crippen molar-refractivity contribution in [2.24, 2.45) is 0 Å². The van der Waals surface area contributed by atoms with E-state index in [1.807, 2.05) is 39.0 Å². The van der Waals surface area contributed by atoms with Crippen LogP contribution in [-0.2, 0) is 16.1 Å². The minimum atomic E-state index is -0.941. The lowest BCUT2D eigenvalue weighted by molar-refractivity contribution is -0.135. The number of halogens is 2. The molecule has 0 unspecified atom stereocenters. The molecule has 1 aliphatic rings. The van der Waals surface area contributed by atoms with E-state index in [-0.39, 0.29) is 18.4 Å². The predicted octanol–water partition coefficient (Wildman–Crippen LogP) is 4.29. The number of nitrogens with one attached hydrogen (secondary N) is 2. The van der Waals surface area contributed by atoms with E-state index < -0.39 is 18.4 Å². The number of amides is 1. The highest BCUT2D eigenvalue weighted by molar-refractivity contribution is 6.31. The van der Waals surface area contributed by atoms with Crippen molar-refractivity contribution in [1.82, 2.24) is 29.8 Å². The van der Waals surface area contributed by atoms with Gasteiger partial charge in [-0.25, -0.2) is 15.0 Å². The number of imidazole rings is 1. The minimum Gasteiger partial charge on any atom is -0.388 e. The van der Waals surface area contributed by atoms with Gasteiger partial charge in [0.2, 0.25) is 5.91 Å². The van der Waals surface area contributed by atoms with Crippen molar-refractivity contribution in [3.05, 3.63) is 64.2 Å². The summed E-state index contributed by atoms with van der Waals surface area (Å²) >= 11 is 12.6. The van der Waals surface area contributed by atoms with Gasteiger partial charge in [0, 0.05) is 42.0 Å². The first-order chi connectivity index (χ1) is 18.2. The smallest absolute Gasteiger partial charge is 0.249 e. The van der Waals surface area contributed by atoms with Gasteiger partial charge in [-0.2, -0.15) is 0 Å². The van der Waals surface area contributed by atoms with Crippen molar-refractivity contribution in [3.63, 3.8) is 0 Å². The Morgan fingerprint density at radius 1 is 1.24 bits per heavy atom. The van der Waals surface area contributed by atoms with E-state index in [1.165, 1.54) is 12.5 Å². The van der Waals surface area contributed by atoms with E-state index in [0.717, 1.165) is 11.1 Å². The maximum atomic E-state index is 12.5. The summed E-state index contributed by atoms with van der Waals surface area (Å²) in [4.78, 5) is 30.7. The van der Waals surface area contributed by atoms with E-state index in [9.17, 15) is 9.90 Å². The summed E-state index contributed by atoms with van der Waals surface area (Å²) in [5, 5.41) is 18.0. The zero-order valence-corrected chi connectivity index (χ0v) is 22.5. The number of rotatable bonds is 7. The van der Waals surface area contributed by atoms with Crippen LogP contribution in [0.25, 0.3) is 22.6 Å². The Bertz CT molecular complexity index is 1490. The maximum absolute atomic E-state index is 12.5. The summed E-state index contributed by atoms with van der Waals surface area (Å²) in [5.74, 6) is 0.542. The van der Waals surface area contributed by atoms with Crippen LogP contribution in [0, 0.1) is 6.92 Å². The number of carbonyl (C=O) groups is 1. The van der Waals surface area contributed by atoms with E-state index in [2.05, 4.69) is 20.6 Å². The van der Waals surface area contributed by atoms with Crippen LogP contribution in [0.15, 0.2) is 43.0 Å². The molecule has 3 atom stereocenters. The average Bonchev–Trinajstić information content (AvgIpc) is 3.47. The van der Waals surface area contributed by atoms with Crippen molar-refractivity contribution < 1.29 is 14.6 Å². The molecule has 4 heterocycles. The SMILES string of the molecule is Cc1ccc(Cl)c(CNc2nc(-c3cncc(Cl)c3)nc3c2ncn3[C@@H]2O[C@H](C(=O)NC(C)C)C[C@H]2O)c1. The molecule has 1 saturated heterocycles. The summed E-state index contributed by atoms with van der Waals surface area (Å²) in [7, 11) is 0. The number of nitrogens with zero attached hydrogens (tertiary/aromatic N) is 5. The van der Waals surface area contributed by atoms with Gasteiger partial charge in [0.05, 0.1) is 11.3 Å². The molecule has 0 saturated carbocycles. The zero-order chi connectivity index (χ0) is 27.0. The average molecular weight is 556 g/mol. The van der Waals surface area contributed by atoms with Crippen molar-refractivity contribution in [2.45, 2.75) is 58.2 Å². The van der Waals surface area contributed by atoms with Crippen LogP contribution in [0.4, 0.5) is 5.82 Å². The van der Waals surface area contributed by atoms with Gasteiger partial charge in [0.1, 0.15) is 12.2 Å². The Hall–Kier alpha value is -3.31. The Labute approximate surface area is 229 Å². The predicted molar refractivity (Wildman–Crippen MR) is 145 cm³/mol. The number of aromatic nitrogens is 5. The second-order valence-corrected chi connectivity index (χ2v) is 10.4. The number of hydrogen-bond acceptors (Lipinski definition) is 8. The second-order valence-electron chi connectivity index (χ2n) is 9.54. The first-order valence-corrected chi connectivity index (χ1v) is 12.9. The second kappa shape index (κ2) is 10.8. The van der Waals surface area contributed by atoms with Gasteiger partial charge in [0.25, 0.3) is 0 Å². The first kappa shape index (κ1) is 26.3. The largest absolute Gasteiger partial charge is 0.388 e. The van der Waals surface area contributed by atoms with E-state index in [0.29, 0.717) is 45.0 Å². The van der Waals surface area contributed by atoms with Crippen LogP contribution >= 0.6 is 23.2 Å². The molecule has 5 rings (SSSR count). The number of fused-ring (bicyclic) bond motifs is 1. The van der Waals surface area contributed by atoms with Crippen LogP contribution in [-0.4, -0.2) is 53.8 Å². The summed E-state index contributed by atoms with van der Waals surface area (Å²) in [6.07, 6.45) is 2.22. The van der Waals surface area contributed by atoms with Gasteiger partial charge in [-0.05, 0) is 38.5 Å². The third-order valence-electron chi connectivity index (χ3n) is 6.12. The van der Waals surface area contributed by atoms with E-state index in [4.69, 9.17) is 37.9 Å². The van der Waals surface area contributed by atoms with Crippen molar-refractivity contribution in [3.8, 4) is 11.4 Å². The number of aryl methyl sites for hydroxylation is 1. The number of aliphatic hydroxyl groups excluding tert-OH is 1. The molecule has 4 aromatic rings. The lowest BCUT2D eigenvalue weighted by Gasteiger charge is -2.18. The lowest BCUT2D eigenvalue weighted by atomic mass is 10.1. The molecule has 1 aromatic carbocycles. The normalized spacial score (nSPS) is 19.3. The molecule has 198 valence electrons. The van der Waals surface area contributed by atoms with Crippen LogP contribution in [0.5, 0.6) is 0 Å². The molecule has 0 spiro atoms. The molecule has 0 radical (unpaired) electrons. The quantitative estimate of drug-likeness (QED) is 0.308. The molecule has 1 aliphatic heterocycles. The molecule has 38 heavy (non-hydrogen) atoms. The molecular weight excluding hydrogens is 529 g/mol. The van der Waals surface area contributed by atoms with Gasteiger partial charge in [-0.1, -0.05) is 40.9 Å². The third kappa shape index (κ3) is 5.44. The topological polar surface area (TPSA) is 127 Å². The summed E-state index contributed by atoms with van der Waals surface area (Å²) < 4.78 is 7.60. The number of anilines is 1. The van der Waals surface area contributed by atoms with Crippen molar-refractivity contribution in [1.29, 1.82) is 0 Å². The molecule has 1 amide bonds. The molecule has 1 fully saturated rings. The zero-order valence-electron chi connectivity index (χ0n) is 21.0. The molecule has 3 N–H and O–H groups in total. The van der Waals surface area contributed by atoms with Gasteiger partial charge >= 0.3 is 0 Å². The fourth-order valence-corrected chi connectivity index (χ4v) is 4.71. The number of aliphatic hydroxyl groups is 1. The number of pyridine rings is 1. The third-order valence-corrected chi connectivity index (χ3v) is 6.69. The Morgan fingerprint density at radius 2 is 2.05 bits per heavy atom. The van der Waals surface area contributed by atoms with E-state index in [1.54, 1.807) is 16.8 Å². The molecule has 12 heteroatoms. The summed E-state index contributed by atoms with van der Waals surface area (Å²) in [5.41, 5.74) is 3.47. The Kier molecular flexibility index (Phi) is 7.49. The molecule has 0 aliphatic carbocycles. The van der Waals surface area contributed by atoms with Crippen LogP contribution in [0.2, 0.25) is 10.0 Å². The van der Waals surface area contributed by atoms with Gasteiger partial charge in [-0.3, -0.25) is 14.3 Å². The highest BCUT2D eigenvalue weighted by atomic mass is 35.5. The fourth-order valence-electron chi connectivity index (χ4n) is 4.35. The number of ether oxygens (including phenoxy) is 1. The van der Waals surface area contributed by atoms with Gasteiger partial charge < -0.3 is 20.5 Å². The Balaban J connectivity index is 1.54. The maximum Gasteiger partial charge on any atom is 0.249 e. The Morgan fingerprint density at radius 3 is 2.82 bits per heavy atom. The molecule has 3 aromatic heterocycles. The molecule has 10 nitrogen and oxygen atoms in total. The van der Waals surface area contributed by atoms with Crippen LogP contribution in [0.1, 0.15) is 37.6 Å². The van der Waals surface area contributed by atoms with Gasteiger partial charge in [-0.15, -0.1) is 0 Å². The molecular formula is C26H27Cl2N7O3. The summed E-state index contributed by atoms with van der Waals surface area (Å²) in [6.45, 7) is 6.13. The highest BCUT2D eigenvalue weighted by Crippen LogP contribution is 2.34. The lowest BCUT2D eigenvalue weighted by Crippen LogP contribution is -2.38. The first-order valence-electron chi connectivity index (χ1n) is 12.2. The number of hydrogen-bond donors (Lipinski definition) is 3. The standard InChI is InChI=1S/C26H27Cl2N7O3/c1-13(2)32-25(37)20-8-19(36)26(38-20)35-12-31-21-23(30-10-15-6-14(3)4-5-18(15)28)33-22(34-24(21)35)16-7-17(27)11-29-9-16/h4-7,9,11-13,19-20,26,36H,8,10H2,1-3H3,(H,32,37)(H,30,33,34)/t19-,20+,26-/m1/s1. The highest BCUT2D eigenvalue weighted by Gasteiger charge is 2.40. The van der Waals surface area contributed by atoms with E-state index >= 15 is 0 Å². The molecule has 0 bridgehead atoms. The number of carbonyl (C=O) groups excluding carboxylic acids is 1. The van der Waals surface area contributed by atoms with Crippen LogP contribution in [0.3, 0.4) is 0 Å². The van der Waals surface area contributed by atoms with Crippen LogP contribution < -0.4 is 10.6 Å². The summed E-state index contributed by atoms with van der Waals surface area (Å²) in [6, 6.07) is 7.46. The monoisotopic (exact) mass is 555 g/mol. The number of benzene rings is 1. The van der Waals surface area contributed by atoms with Gasteiger partial charge in [0.15, 0.2) is 29.0 Å². The van der Waals surface area contributed by atoms with Crippen molar-refractivity contribution in [2.75, 3.05) is 5.32 Å². The minimum absolute atomic E-state index is 0.0477.